The number of non-ortho nitro benzene ring substituents is 1. The van der Waals surface area contributed by atoms with Crippen LogP contribution < -0.4 is 10.6 Å². The van der Waals surface area contributed by atoms with Crippen molar-refractivity contribution in [2.75, 3.05) is 5.32 Å². The van der Waals surface area contributed by atoms with E-state index in [1.807, 2.05) is 6.92 Å². The number of carbonyl (C=O) groups excluding carboxylic acids is 1. The normalized spacial score (nSPS) is 13.1. The van der Waals surface area contributed by atoms with Crippen molar-refractivity contribution in [1.29, 1.82) is 0 Å². The van der Waals surface area contributed by atoms with Gasteiger partial charge in [-0.2, -0.15) is 0 Å². The van der Waals surface area contributed by atoms with Gasteiger partial charge >= 0.3 is 0 Å². The number of amides is 1. The van der Waals surface area contributed by atoms with Gasteiger partial charge in [-0.05, 0) is 37.6 Å². The SMILES string of the molecule is CC(NC(C)c1ccc(Cl)cc1Cl)C(=O)Nc1ccc([N+](=O)[O-])cc1Cl. The van der Waals surface area contributed by atoms with E-state index in [4.69, 9.17) is 34.8 Å². The van der Waals surface area contributed by atoms with Crippen molar-refractivity contribution in [3.63, 3.8) is 0 Å². The van der Waals surface area contributed by atoms with Crippen LogP contribution in [0.4, 0.5) is 11.4 Å². The van der Waals surface area contributed by atoms with E-state index in [0.717, 1.165) is 5.56 Å². The number of hydrogen-bond donors (Lipinski definition) is 2. The van der Waals surface area contributed by atoms with Gasteiger partial charge in [-0.1, -0.05) is 40.9 Å². The molecule has 0 saturated heterocycles. The van der Waals surface area contributed by atoms with Crippen molar-refractivity contribution in [2.24, 2.45) is 0 Å². The molecule has 0 aliphatic heterocycles. The first-order valence-electron chi connectivity index (χ1n) is 7.65. The van der Waals surface area contributed by atoms with Crippen LogP contribution in [0.25, 0.3) is 0 Å². The third-order valence-electron chi connectivity index (χ3n) is 3.74. The second-order valence-corrected chi connectivity index (χ2v) is 6.94. The zero-order valence-electron chi connectivity index (χ0n) is 13.9. The van der Waals surface area contributed by atoms with Crippen molar-refractivity contribution >= 4 is 52.1 Å². The maximum Gasteiger partial charge on any atom is 0.271 e. The highest BCUT2D eigenvalue weighted by molar-refractivity contribution is 6.35. The lowest BCUT2D eigenvalue weighted by molar-refractivity contribution is -0.384. The molecule has 2 aromatic rings. The zero-order chi connectivity index (χ0) is 19.4. The van der Waals surface area contributed by atoms with Gasteiger partial charge in [0.15, 0.2) is 0 Å². The first-order chi connectivity index (χ1) is 12.2. The largest absolute Gasteiger partial charge is 0.323 e. The molecule has 2 N–H and O–H groups in total. The highest BCUT2D eigenvalue weighted by Crippen LogP contribution is 2.28. The van der Waals surface area contributed by atoms with Crippen LogP contribution in [0.1, 0.15) is 25.5 Å². The molecule has 0 saturated carbocycles. The molecule has 2 unspecified atom stereocenters. The van der Waals surface area contributed by atoms with E-state index in [2.05, 4.69) is 10.6 Å². The monoisotopic (exact) mass is 415 g/mol. The topological polar surface area (TPSA) is 84.3 Å². The molecule has 138 valence electrons. The summed E-state index contributed by atoms with van der Waals surface area (Å²) in [5.41, 5.74) is 0.961. The molecule has 0 radical (unpaired) electrons. The van der Waals surface area contributed by atoms with Crippen LogP contribution in [0.15, 0.2) is 36.4 Å². The van der Waals surface area contributed by atoms with E-state index >= 15 is 0 Å². The van der Waals surface area contributed by atoms with Crippen LogP contribution >= 0.6 is 34.8 Å². The fourth-order valence-corrected chi connectivity index (χ4v) is 3.15. The number of nitrogens with zero attached hydrogens (tertiary/aromatic N) is 1. The number of benzene rings is 2. The minimum atomic E-state index is -0.567. The molecule has 1 amide bonds. The van der Waals surface area contributed by atoms with E-state index in [1.165, 1.54) is 18.2 Å². The average Bonchev–Trinajstić information content (AvgIpc) is 2.56. The summed E-state index contributed by atoms with van der Waals surface area (Å²) in [5, 5.41) is 17.6. The number of halogens is 3. The van der Waals surface area contributed by atoms with Crippen molar-refractivity contribution in [1.82, 2.24) is 5.32 Å². The zero-order valence-corrected chi connectivity index (χ0v) is 16.2. The Morgan fingerprint density at radius 1 is 1.08 bits per heavy atom. The molecule has 0 aliphatic rings. The first-order valence-corrected chi connectivity index (χ1v) is 8.78. The Bertz CT molecular complexity index is 845. The molecule has 2 rings (SSSR count). The van der Waals surface area contributed by atoms with Gasteiger partial charge in [0, 0.05) is 28.2 Å². The van der Waals surface area contributed by atoms with E-state index < -0.39 is 11.0 Å². The Morgan fingerprint density at radius 2 is 1.77 bits per heavy atom. The summed E-state index contributed by atoms with van der Waals surface area (Å²) in [5.74, 6) is -0.335. The fraction of sp³-hybridized carbons (Fsp3) is 0.235. The van der Waals surface area contributed by atoms with E-state index in [1.54, 1.807) is 25.1 Å². The van der Waals surface area contributed by atoms with Gasteiger partial charge in [-0.25, -0.2) is 0 Å². The molecule has 0 aromatic heterocycles. The second-order valence-electron chi connectivity index (χ2n) is 5.69. The predicted molar refractivity (Wildman–Crippen MR) is 104 cm³/mol. The van der Waals surface area contributed by atoms with Crippen LogP contribution in [0.5, 0.6) is 0 Å². The molecule has 0 fully saturated rings. The Labute approximate surface area is 165 Å². The van der Waals surface area contributed by atoms with Crippen molar-refractivity contribution in [2.45, 2.75) is 25.9 Å². The van der Waals surface area contributed by atoms with Gasteiger partial charge < -0.3 is 5.32 Å². The highest BCUT2D eigenvalue weighted by atomic mass is 35.5. The van der Waals surface area contributed by atoms with E-state index in [0.29, 0.717) is 15.7 Å². The molecule has 0 aliphatic carbocycles. The molecule has 26 heavy (non-hydrogen) atoms. The van der Waals surface area contributed by atoms with Gasteiger partial charge in [-0.3, -0.25) is 20.2 Å². The summed E-state index contributed by atoms with van der Waals surface area (Å²) in [6.07, 6.45) is 0. The average molecular weight is 417 g/mol. The predicted octanol–water partition coefficient (Wildman–Crippen LogP) is 5.23. The van der Waals surface area contributed by atoms with Crippen LogP contribution in [-0.4, -0.2) is 16.9 Å². The molecule has 9 heteroatoms. The number of rotatable bonds is 6. The Hall–Kier alpha value is -1.86. The molecule has 2 atom stereocenters. The minimum absolute atomic E-state index is 0.0912. The lowest BCUT2D eigenvalue weighted by Crippen LogP contribution is -2.39. The number of nitrogens with one attached hydrogen (secondary N) is 2. The standard InChI is InChI=1S/C17H16Cl3N3O3/c1-9(13-5-3-11(18)7-14(13)19)21-10(2)17(24)22-16-6-4-12(23(25)26)8-15(16)20/h3-10,21H,1-2H3,(H,22,24). The highest BCUT2D eigenvalue weighted by Gasteiger charge is 2.19. The maximum absolute atomic E-state index is 12.4. The van der Waals surface area contributed by atoms with Crippen molar-refractivity contribution in [3.05, 3.63) is 67.1 Å². The third kappa shape index (κ3) is 5.08. The molecule has 2 aromatic carbocycles. The Kier molecular flexibility index (Phi) is 6.83. The Balaban J connectivity index is 2.04. The number of anilines is 1. The molecular weight excluding hydrogens is 401 g/mol. The van der Waals surface area contributed by atoms with Gasteiger partial charge in [0.05, 0.1) is 21.7 Å². The summed E-state index contributed by atoms with van der Waals surface area (Å²) in [4.78, 5) is 22.5. The lowest BCUT2D eigenvalue weighted by Gasteiger charge is -2.21. The maximum atomic E-state index is 12.4. The summed E-state index contributed by atoms with van der Waals surface area (Å²) < 4.78 is 0. The summed E-state index contributed by atoms with van der Waals surface area (Å²) in [6.45, 7) is 3.56. The van der Waals surface area contributed by atoms with E-state index in [-0.39, 0.29) is 22.7 Å². The van der Waals surface area contributed by atoms with Gasteiger partial charge in [-0.15, -0.1) is 0 Å². The number of nitro groups is 1. The van der Waals surface area contributed by atoms with Gasteiger partial charge in [0.25, 0.3) is 5.69 Å². The molecule has 0 spiro atoms. The molecular formula is C17H16Cl3N3O3. The van der Waals surface area contributed by atoms with Crippen LogP contribution in [0.2, 0.25) is 15.1 Å². The van der Waals surface area contributed by atoms with Crippen molar-refractivity contribution in [3.8, 4) is 0 Å². The summed E-state index contributed by atoms with van der Waals surface area (Å²) in [7, 11) is 0. The number of nitro benzene ring substituents is 1. The van der Waals surface area contributed by atoms with Gasteiger partial charge in [0.1, 0.15) is 0 Å². The Morgan fingerprint density at radius 3 is 2.35 bits per heavy atom. The third-order valence-corrected chi connectivity index (χ3v) is 4.62. The van der Waals surface area contributed by atoms with Crippen LogP contribution in [0.3, 0.4) is 0 Å². The minimum Gasteiger partial charge on any atom is -0.323 e. The first kappa shape index (κ1) is 20.5. The van der Waals surface area contributed by atoms with E-state index in [9.17, 15) is 14.9 Å². The lowest BCUT2D eigenvalue weighted by atomic mass is 10.1. The quantitative estimate of drug-likeness (QED) is 0.498. The molecule has 6 nitrogen and oxygen atoms in total. The van der Waals surface area contributed by atoms with Crippen LogP contribution in [-0.2, 0) is 4.79 Å². The summed E-state index contributed by atoms with van der Waals surface area (Å²) >= 11 is 18.1. The summed E-state index contributed by atoms with van der Waals surface area (Å²) in [6, 6.07) is 8.24. The van der Waals surface area contributed by atoms with Crippen molar-refractivity contribution < 1.29 is 9.72 Å². The van der Waals surface area contributed by atoms with Crippen LogP contribution in [0, 0.1) is 10.1 Å². The second kappa shape index (κ2) is 8.68. The fourth-order valence-electron chi connectivity index (χ4n) is 2.35. The smallest absolute Gasteiger partial charge is 0.271 e. The molecule has 0 heterocycles. The molecule has 0 bridgehead atoms. The number of carbonyl (C=O) groups is 1. The van der Waals surface area contributed by atoms with Gasteiger partial charge in [0.2, 0.25) is 5.91 Å². The number of hydrogen-bond acceptors (Lipinski definition) is 4.